The predicted octanol–water partition coefficient (Wildman–Crippen LogP) is 1.97. The first-order valence-electron chi connectivity index (χ1n) is 7.28. The highest BCUT2D eigenvalue weighted by Gasteiger charge is 2.37. The number of H-pyrrole nitrogens is 2. The zero-order valence-corrected chi connectivity index (χ0v) is 11.8. The van der Waals surface area contributed by atoms with Crippen molar-refractivity contribution in [2.75, 3.05) is 5.32 Å². The highest BCUT2D eigenvalue weighted by atomic mass is 16.3. The number of benzene rings is 1. The van der Waals surface area contributed by atoms with E-state index in [1.54, 1.807) is 24.3 Å². The van der Waals surface area contributed by atoms with E-state index >= 15 is 0 Å². The van der Waals surface area contributed by atoms with Crippen molar-refractivity contribution in [2.24, 2.45) is 0 Å². The van der Waals surface area contributed by atoms with Crippen LogP contribution in [0.2, 0.25) is 0 Å². The molecule has 1 aliphatic carbocycles. The average Bonchev–Trinajstić information content (AvgIpc) is 2.88. The van der Waals surface area contributed by atoms with Crippen LogP contribution in [0, 0.1) is 0 Å². The van der Waals surface area contributed by atoms with Gasteiger partial charge in [-0.05, 0) is 30.5 Å². The summed E-state index contributed by atoms with van der Waals surface area (Å²) in [5, 5.41) is 18.1. The standard InChI is InChI=1S/C16H15N3O3/c20-9-6-4-8(5-7-9)12-13-10(2-1-3-11(13)21)17-15-14(12)16(22)19-18-15/h4-7,12,20H,1-3H2,(H3,17,18,19,22). The first kappa shape index (κ1) is 12.9. The Morgan fingerprint density at radius 1 is 1.05 bits per heavy atom. The topological polar surface area (TPSA) is 98.0 Å². The third-order valence-corrected chi connectivity index (χ3v) is 4.35. The van der Waals surface area contributed by atoms with Crippen molar-refractivity contribution < 1.29 is 9.90 Å². The van der Waals surface area contributed by atoms with Gasteiger partial charge < -0.3 is 10.4 Å². The number of anilines is 1. The number of nitrogens with one attached hydrogen (secondary N) is 3. The third-order valence-electron chi connectivity index (χ3n) is 4.35. The Hall–Kier alpha value is -2.76. The average molecular weight is 297 g/mol. The number of Topliss-reactive ketones (excluding diaryl/α,β-unsaturated/α-hetero) is 1. The molecule has 22 heavy (non-hydrogen) atoms. The van der Waals surface area contributed by atoms with Crippen LogP contribution in [0.4, 0.5) is 5.82 Å². The van der Waals surface area contributed by atoms with Crippen molar-refractivity contribution in [2.45, 2.75) is 25.2 Å². The van der Waals surface area contributed by atoms with E-state index < -0.39 is 5.92 Å². The Bertz CT molecular complexity index is 842. The van der Waals surface area contributed by atoms with Crippen LogP contribution in [-0.2, 0) is 4.79 Å². The number of hydrogen-bond donors (Lipinski definition) is 4. The second-order valence-corrected chi connectivity index (χ2v) is 5.69. The second-order valence-electron chi connectivity index (χ2n) is 5.69. The molecule has 2 aromatic rings. The van der Waals surface area contributed by atoms with Crippen molar-refractivity contribution in [1.82, 2.24) is 10.2 Å². The molecule has 1 unspecified atom stereocenters. The van der Waals surface area contributed by atoms with E-state index in [0.717, 1.165) is 24.1 Å². The normalized spacial score (nSPS) is 20.4. The summed E-state index contributed by atoms with van der Waals surface area (Å²) in [6.45, 7) is 0. The fraction of sp³-hybridized carbons (Fsp3) is 0.250. The molecule has 4 N–H and O–H groups in total. The van der Waals surface area contributed by atoms with Crippen LogP contribution in [0.3, 0.4) is 0 Å². The van der Waals surface area contributed by atoms with E-state index in [1.165, 1.54) is 0 Å². The predicted molar refractivity (Wildman–Crippen MR) is 80.9 cm³/mol. The first-order valence-corrected chi connectivity index (χ1v) is 7.28. The Labute approximate surface area is 125 Å². The van der Waals surface area contributed by atoms with Crippen LogP contribution < -0.4 is 10.9 Å². The first-order chi connectivity index (χ1) is 10.6. The quantitative estimate of drug-likeness (QED) is 0.647. The molecule has 6 nitrogen and oxygen atoms in total. The molecule has 0 saturated heterocycles. The molecule has 1 aromatic carbocycles. The Morgan fingerprint density at radius 3 is 2.59 bits per heavy atom. The fourth-order valence-corrected chi connectivity index (χ4v) is 3.37. The van der Waals surface area contributed by atoms with Gasteiger partial charge in [-0.15, -0.1) is 0 Å². The van der Waals surface area contributed by atoms with Crippen LogP contribution in [0.25, 0.3) is 0 Å². The number of aromatic amines is 2. The lowest BCUT2D eigenvalue weighted by Crippen LogP contribution is -2.29. The van der Waals surface area contributed by atoms with Gasteiger partial charge in [0, 0.05) is 23.6 Å². The smallest absolute Gasteiger partial charge is 0.270 e. The summed E-state index contributed by atoms with van der Waals surface area (Å²) < 4.78 is 0. The third kappa shape index (κ3) is 1.80. The van der Waals surface area contributed by atoms with Gasteiger partial charge in [-0.1, -0.05) is 12.1 Å². The van der Waals surface area contributed by atoms with Crippen LogP contribution in [0.15, 0.2) is 40.3 Å². The lowest BCUT2D eigenvalue weighted by molar-refractivity contribution is -0.116. The number of carbonyl (C=O) groups excluding carboxylic acids is 1. The number of phenols is 1. The summed E-state index contributed by atoms with van der Waals surface area (Å²) in [5.74, 6) is 0.467. The molecule has 0 bridgehead atoms. The summed E-state index contributed by atoms with van der Waals surface area (Å²) in [6, 6.07) is 6.67. The van der Waals surface area contributed by atoms with E-state index in [1.807, 2.05) is 0 Å². The summed E-state index contributed by atoms with van der Waals surface area (Å²) in [4.78, 5) is 24.6. The molecule has 112 valence electrons. The number of aromatic hydroxyl groups is 1. The van der Waals surface area contributed by atoms with E-state index in [4.69, 9.17) is 0 Å². The molecule has 2 aliphatic rings. The van der Waals surface area contributed by atoms with Crippen molar-refractivity contribution in [3.8, 4) is 5.75 Å². The van der Waals surface area contributed by atoms with Gasteiger partial charge in [0.15, 0.2) is 5.78 Å². The molecule has 2 heterocycles. The van der Waals surface area contributed by atoms with Gasteiger partial charge in [-0.2, -0.15) is 0 Å². The summed E-state index contributed by atoms with van der Waals surface area (Å²) in [5.41, 5.74) is 2.69. The number of fused-ring (bicyclic) bond motifs is 1. The summed E-state index contributed by atoms with van der Waals surface area (Å²) in [6.07, 6.45) is 2.12. The zero-order chi connectivity index (χ0) is 15.3. The van der Waals surface area contributed by atoms with E-state index in [2.05, 4.69) is 15.5 Å². The molecule has 1 aliphatic heterocycles. The van der Waals surface area contributed by atoms with Crippen LogP contribution in [-0.4, -0.2) is 21.1 Å². The highest BCUT2D eigenvalue weighted by Crippen LogP contribution is 2.43. The maximum absolute atomic E-state index is 12.5. The number of hydrogen-bond acceptors (Lipinski definition) is 4. The molecule has 0 spiro atoms. The highest BCUT2D eigenvalue weighted by molar-refractivity contribution is 6.00. The van der Waals surface area contributed by atoms with Gasteiger partial charge in [-0.3, -0.25) is 19.8 Å². The van der Waals surface area contributed by atoms with Crippen LogP contribution in [0.5, 0.6) is 5.75 Å². The SMILES string of the molecule is O=C1CCCC2=C1C(c1ccc(O)cc1)c1c([nH][nH]c1=O)N2. The number of ketones is 1. The van der Waals surface area contributed by atoms with Crippen molar-refractivity contribution in [3.63, 3.8) is 0 Å². The van der Waals surface area contributed by atoms with Crippen molar-refractivity contribution >= 4 is 11.6 Å². The van der Waals surface area contributed by atoms with E-state index in [-0.39, 0.29) is 17.1 Å². The minimum atomic E-state index is -0.394. The van der Waals surface area contributed by atoms with Crippen LogP contribution in [0.1, 0.15) is 36.3 Å². The maximum atomic E-state index is 12.5. The van der Waals surface area contributed by atoms with Gasteiger partial charge in [-0.25, -0.2) is 0 Å². The Balaban J connectivity index is 1.96. The van der Waals surface area contributed by atoms with Gasteiger partial charge >= 0.3 is 0 Å². The molecule has 6 heteroatoms. The number of carbonyl (C=O) groups is 1. The molecule has 0 saturated carbocycles. The largest absolute Gasteiger partial charge is 0.508 e. The monoisotopic (exact) mass is 297 g/mol. The van der Waals surface area contributed by atoms with Gasteiger partial charge in [0.25, 0.3) is 5.56 Å². The summed E-state index contributed by atoms with van der Waals surface area (Å²) in [7, 11) is 0. The molecular formula is C16H15N3O3. The van der Waals surface area contributed by atoms with Gasteiger partial charge in [0.2, 0.25) is 0 Å². The Morgan fingerprint density at radius 2 is 1.82 bits per heavy atom. The second kappa shape index (κ2) is 4.62. The summed E-state index contributed by atoms with van der Waals surface area (Å²) >= 11 is 0. The molecule has 1 atom stereocenters. The fourth-order valence-electron chi connectivity index (χ4n) is 3.37. The number of phenolic OH excluding ortho intramolecular Hbond substituents is 1. The van der Waals surface area contributed by atoms with Crippen LogP contribution >= 0.6 is 0 Å². The van der Waals surface area contributed by atoms with Gasteiger partial charge in [0.05, 0.1) is 5.56 Å². The molecule has 0 radical (unpaired) electrons. The van der Waals surface area contributed by atoms with E-state index in [0.29, 0.717) is 23.4 Å². The molecule has 1 aromatic heterocycles. The number of aromatic nitrogens is 2. The minimum Gasteiger partial charge on any atom is -0.508 e. The molecular weight excluding hydrogens is 282 g/mol. The minimum absolute atomic E-state index is 0.0816. The number of allylic oxidation sites excluding steroid dienone is 2. The molecule has 0 amide bonds. The Kier molecular flexibility index (Phi) is 2.72. The lowest BCUT2D eigenvalue weighted by Gasteiger charge is -2.31. The van der Waals surface area contributed by atoms with Crippen molar-refractivity contribution in [1.29, 1.82) is 0 Å². The lowest BCUT2D eigenvalue weighted by atomic mass is 9.77. The van der Waals surface area contributed by atoms with Gasteiger partial charge in [0.1, 0.15) is 11.6 Å². The number of rotatable bonds is 1. The van der Waals surface area contributed by atoms with Crippen molar-refractivity contribution in [3.05, 3.63) is 57.0 Å². The molecule has 4 rings (SSSR count). The zero-order valence-electron chi connectivity index (χ0n) is 11.8. The maximum Gasteiger partial charge on any atom is 0.270 e. The molecule has 0 fully saturated rings. The van der Waals surface area contributed by atoms with E-state index in [9.17, 15) is 14.7 Å².